The molecule has 0 aliphatic carbocycles. The zero-order valence-electron chi connectivity index (χ0n) is 17.9. The molecule has 2 aliphatic rings. The van der Waals surface area contributed by atoms with Crippen LogP contribution in [0.3, 0.4) is 0 Å². The summed E-state index contributed by atoms with van der Waals surface area (Å²) < 4.78 is 29.7. The summed E-state index contributed by atoms with van der Waals surface area (Å²) in [7, 11) is -3.44. The van der Waals surface area contributed by atoms with Gasteiger partial charge in [-0.25, -0.2) is 8.42 Å². The van der Waals surface area contributed by atoms with E-state index in [1.54, 1.807) is 16.4 Å². The highest BCUT2D eigenvalue weighted by atomic mass is 32.2. The topological polar surface area (TPSA) is 87.9 Å². The Morgan fingerprint density at radius 1 is 1.00 bits per heavy atom. The first kappa shape index (κ1) is 21.5. The second-order valence-electron chi connectivity index (χ2n) is 8.50. The molecule has 3 aromatic heterocycles. The van der Waals surface area contributed by atoms with Gasteiger partial charge in [-0.05, 0) is 49.9 Å². The molecule has 0 aromatic carbocycles. The van der Waals surface area contributed by atoms with E-state index in [0.29, 0.717) is 30.4 Å². The van der Waals surface area contributed by atoms with E-state index in [9.17, 15) is 13.2 Å². The maximum atomic E-state index is 12.9. The molecule has 2 fully saturated rings. The predicted octanol–water partition coefficient (Wildman–Crippen LogP) is 2.91. The van der Waals surface area contributed by atoms with Gasteiger partial charge in [0.2, 0.25) is 5.91 Å². The number of carbonyl (C=O) groups excluding carboxylic acids is 1. The van der Waals surface area contributed by atoms with Crippen LogP contribution in [0.25, 0.3) is 5.65 Å². The van der Waals surface area contributed by atoms with Crippen molar-refractivity contribution in [1.82, 2.24) is 23.8 Å². The first-order valence-corrected chi connectivity index (χ1v) is 13.4. The molecule has 0 radical (unpaired) electrons. The number of pyridine rings is 1. The minimum absolute atomic E-state index is 0.0540. The van der Waals surface area contributed by atoms with Crippen LogP contribution in [0.1, 0.15) is 48.7 Å². The minimum atomic E-state index is -3.44. The fourth-order valence-electron chi connectivity index (χ4n) is 4.61. The number of amides is 1. The molecule has 1 amide bonds. The standard InChI is InChI=1S/C22H27N5O3S2/c28-20(16-18-7-8-21(31-18)32(29,30)26-11-3-1-4-12-26)25-14-9-17(10-15-25)22-24-23-19-6-2-5-13-27(19)22/h2,5-8,13,17H,1,3-4,9-12,14-16H2. The van der Waals surface area contributed by atoms with Gasteiger partial charge in [-0.15, -0.1) is 21.5 Å². The Labute approximate surface area is 191 Å². The highest BCUT2D eigenvalue weighted by Gasteiger charge is 2.29. The van der Waals surface area contributed by atoms with E-state index in [4.69, 9.17) is 0 Å². The summed E-state index contributed by atoms with van der Waals surface area (Å²) in [6.07, 6.45) is 6.83. The van der Waals surface area contributed by atoms with E-state index in [-0.39, 0.29) is 18.2 Å². The third-order valence-corrected chi connectivity index (χ3v) is 9.88. The molecular formula is C22H27N5O3S2. The van der Waals surface area contributed by atoms with Gasteiger partial charge in [-0.2, -0.15) is 4.31 Å². The van der Waals surface area contributed by atoms with Crippen molar-refractivity contribution in [3.63, 3.8) is 0 Å². The number of rotatable bonds is 5. The highest BCUT2D eigenvalue weighted by molar-refractivity contribution is 7.91. The Bertz CT molecular complexity index is 1210. The maximum absolute atomic E-state index is 12.9. The lowest BCUT2D eigenvalue weighted by atomic mass is 9.95. The quantitative estimate of drug-likeness (QED) is 0.569. The zero-order valence-corrected chi connectivity index (χ0v) is 19.5. The van der Waals surface area contributed by atoms with Crippen molar-refractivity contribution in [2.24, 2.45) is 0 Å². The molecule has 10 heteroatoms. The number of hydrogen-bond acceptors (Lipinski definition) is 6. The van der Waals surface area contributed by atoms with Crippen molar-refractivity contribution in [2.75, 3.05) is 26.2 Å². The Morgan fingerprint density at radius 2 is 1.78 bits per heavy atom. The second kappa shape index (κ2) is 8.92. The van der Waals surface area contributed by atoms with Gasteiger partial charge < -0.3 is 4.90 Å². The van der Waals surface area contributed by atoms with Gasteiger partial charge in [-0.3, -0.25) is 9.20 Å². The Kier molecular flexibility index (Phi) is 6.00. The molecule has 32 heavy (non-hydrogen) atoms. The van der Waals surface area contributed by atoms with E-state index in [0.717, 1.165) is 48.5 Å². The Morgan fingerprint density at radius 3 is 2.56 bits per heavy atom. The van der Waals surface area contributed by atoms with Crippen molar-refractivity contribution in [3.8, 4) is 0 Å². The predicted molar refractivity (Wildman–Crippen MR) is 122 cm³/mol. The molecule has 170 valence electrons. The van der Waals surface area contributed by atoms with E-state index in [2.05, 4.69) is 10.2 Å². The summed E-state index contributed by atoms with van der Waals surface area (Å²) in [5.74, 6) is 1.29. The monoisotopic (exact) mass is 473 g/mol. The SMILES string of the molecule is O=C(Cc1ccc(S(=O)(=O)N2CCCCC2)s1)N1CCC(c2nnc3ccccn23)CC1. The Hall–Kier alpha value is -2.30. The molecule has 2 aliphatic heterocycles. The summed E-state index contributed by atoms with van der Waals surface area (Å²) >= 11 is 1.23. The molecular weight excluding hydrogens is 446 g/mol. The van der Waals surface area contributed by atoms with Crippen LogP contribution in [0, 0.1) is 0 Å². The van der Waals surface area contributed by atoms with Crippen molar-refractivity contribution in [1.29, 1.82) is 0 Å². The van der Waals surface area contributed by atoms with Gasteiger partial charge in [0.1, 0.15) is 10.0 Å². The number of aromatic nitrogens is 3. The van der Waals surface area contributed by atoms with Gasteiger partial charge in [0.05, 0.1) is 6.42 Å². The summed E-state index contributed by atoms with van der Waals surface area (Å²) in [5.41, 5.74) is 0.842. The third-order valence-electron chi connectivity index (χ3n) is 6.42. The smallest absolute Gasteiger partial charge is 0.252 e. The van der Waals surface area contributed by atoms with Gasteiger partial charge in [-0.1, -0.05) is 12.5 Å². The summed E-state index contributed by atoms with van der Waals surface area (Å²) in [6.45, 7) is 2.53. The molecule has 0 bridgehead atoms. The maximum Gasteiger partial charge on any atom is 0.252 e. The molecule has 0 spiro atoms. The van der Waals surface area contributed by atoms with Gasteiger partial charge in [0, 0.05) is 43.2 Å². The largest absolute Gasteiger partial charge is 0.342 e. The second-order valence-corrected chi connectivity index (χ2v) is 11.8. The van der Waals surface area contributed by atoms with Crippen molar-refractivity contribution >= 4 is 32.9 Å². The van der Waals surface area contributed by atoms with Crippen LogP contribution in [0.2, 0.25) is 0 Å². The number of nitrogens with zero attached hydrogens (tertiary/aromatic N) is 5. The average Bonchev–Trinajstić information content (AvgIpc) is 3.47. The average molecular weight is 474 g/mol. The fraction of sp³-hybridized carbons (Fsp3) is 0.500. The summed E-state index contributed by atoms with van der Waals surface area (Å²) in [6, 6.07) is 9.30. The number of carbonyl (C=O) groups is 1. The summed E-state index contributed by atoms with van der Waals surface area (Å²) in [4.78, 5) is 15.6. The molecule has 5 heterocycles. The lowest BCUT2D eigenvalue weighted by molar-refractivity contribution is -0.131. The van der Waals surface area contributed by atoms with Crippen LogP contribution in [0.4, 0.5) is 0 Å². The first-order valence-electron chi connectivity index (χ1n) is 11.2. The van der Waals surface area contributed by atoms with Crippen LogP contribution < -0.4 is 0 Å². The molecule has 3 aromatic rings. The number of fused-ring (bicyclic) bond motifs is 1. The normalized spacial score (nSPS) is 18.9. The van der Waals surface area contributed by atoms with Crippen LogP contribution in [-0.4, -0.2) is 64.3 Å². The fourth-order valence-corrected chi connectivity index (χ4v) is 7.63. The van der Waals surface area contributed by atoms with Gasteiger partial charge >= 0.3 is 0 Å². The zero-order chi connectivity index (χ0) is 22.1. The molecule has 8 nitrogen and oxygen atoms in total. The van der Waals surface area contributed by atoms with Gasteiger partial charge in [0.15, 0.2) is 5.65 Å². The lowest BCUT2D eigenvalue weighted by Crippen LogP contribution is -2.39. The molecule has 0 saturated carbocycles. The van der Waals surface area contributed by atoms with E-state index >= 15 is 0 Å². The van der Waals surface area contributed by atoms with Crippen LogP contribution >= 0.6 is 11.3 Å². The lowest BCUT2D eigenvalue weighted by Gasteiger charge is -2.31. The van der Waals surface area contributed by atoms with Crippen LogP contribution in [0.5, 0.6) is 0 Å². The number of thiophene rings is 1. The third kappa shape index (κ3) is 4.18. The summed E-state index contributed by atoms with van der Waals surface area (Å²) in [5, 5.41) is 8.61. The number of sulfonamides is 1. The number of likely N-dealkylation sites (tertiary alicyclic amines) is 1. The van der Waals surface area contributed by atoms with Crippen LogP contribution in [-0.2, 0) is 21.2 Å². The Balaban J connectivity index is 1.19. The highest BCUT2D eigenvalue weighted by Crippen LogP contribution is 2.30. The van der Waals surface area contributed by atoms with E-state index in [1.807, 2.05) is 33.7 Å². The molecule has 0 atom stereocenters. The minimum Gasteiger partial charge on any atom is -0.342 e. The van der Waals surface area contributed by atoms with Crippen molar-refractivity contribution < 1.29 is 13.2 Å². The van der Waals surface area contributed by atoms with Crippen molar-refractivity contribution in [3.05, 3.63) is 47.2 Å². The first-order chi connectivity index (χ1) is 15.5. The van der Waals surface area contributed by atoms with Crippen LogP contribution in [0.15, 0.2) is 40.7 Å². The van der Waals surface area contributed by atoms with E-state index < -0.39 is 10.0 Å². The van der Waals surface area contributed by atoms with Crippen molar-refractivity contribution in [2.45, 2.75) is 48.7 Å². The number of hydrogen-bond donors (Lipinski definition) is 0. The van der Waals surface area contributed by atoms with E-state index in [1.165, 1.54) is 11.3 Å². The molecule has 0 unspecified atom stereocenters. The molecule has 0 N–H and O–H groups in total. The molecule has 5 rings (SSSR count). The molecule has 2 saturated heterocycles. The van der Waals surface area contributed by atoms with Gasteiger partial charge in [0.25, 0.3) is 10.0 Å². The number of piperidine rings is 2.